The fourth-order valence-corrected chi connectivity index (χ4v) is 1.94. The fraction of sp³-hybridized carbons (Fsp3) is 0.400. The number of rotatable bonds is 6. The number of carbonyl (C=O) groups is 1. The lowest BCUT2D eigenvalue weighted by Crippen LogP contribution is -2.34. The summed E-state index contributed by atoms with van der Waals surface area (Å²) >= 11 is 0. The van der Waals surface area contributed by atoms with Crippen molar-refractivity contribution >= 4 is 16.9 Å². The van der Waals surface area contributed by atoms with Gasteiger partial charge in [-0.05, 0) is 26.0 Å². The van der Waals surface area contributed by atoms with Crippen molar-refractivity contribution in [3.05, 3.63) is 30.0 Å². The number of fused-ring (bicyclic) bond motifs is 1. The van der Waals surface area contributed by atoms with E-state index in [1.54, 1.807) is 21.0 Å². The van der Waals surface area contributed by atoms with E-state index in [0.717, 1.165) is 16.7 Å². The van der Waals surface area contributed by atoms with Gasteiger partial charge in [-0.15, -0.1) is 0 Å². The van der Waals surface area contributed by atoms with E-state index < -0.39 is 0 Å². The minimum Gasteiger partial charge on any atom is -0.493 e. The van der Waals surface area contributed by atoms with E-state index in [-0.39, 0.29) is 12.0 Å². The number of ether oxygens (including phenoxy) is 2. The average Bonchev–Trinajstić information content (AvgIpc) is 2.87. The summed E-state index contributed by atoms with van der Waals surface area (Å²) in [5.41, 5.74) is 0.718. The maximum absolute atomic E-state index is 11.5. The summed E-state index contributed by atoms with van der Waals surface area (Å²) in [6.45, 7) is 4.39. The number of esters is 1. The molecule has 1 aromatic heterocycles. The summed E-state index contributed by atoms with van der Waals surface area (Å²) in [6, 6.07) is 7.28. The second-order valence-corrected chi connectivity index (χ2v) is 4.45. The van der Waals surface area contributed by atoms with E-state index in [9.17, 15) is 4.79 Å². The van der Waals surface area contributed by atoms with Crippen molar-refractivity contribution < 1.29 is 18.7 Å². The zero-order chi connectivity index (χ0) is 14.5. The molecule has 1 unspecified atom stereocenters. The van der Waals surface area contributed by atoms with Crippen molar-refractivity contribution in [1.82, 2.24) is 5.32 Å². The molecule has 0 aliphatic heterocycles. The van der Waals surface area contributed by atoms with Crippen LogP contribution in [-0.4, -0.2) is 25.7 Å². The molecule has 0 amide bonds. The molecule has 0 aliphatic rings. The first kappa shape index (κ1) is 14.4. The number of nitrogens with one attached hydrogen (secondary N) is 1. The summed E-state index contributed by atoms with van der Waals surface area (Å²) in [6.07, 6.45) is 0. The average molecular weight is 277 g/mol. The number of hydrogen-bond donors (Lipinski definition) is 1. The Labute approximate surface area is 117 Å². The summed E-state index contributed by atoms with van der Waals surface area (Å²) in [7, 11) is 1.61. The Hall–Kier alpha value is -2.01. The first-order valence-corrected chi connectivity index (χ1v) is 6.61. The lowest BCUT2D eigenvalue weighted by Gasteiger charge is -2.11. The molecule has 0 radical (unpaired) electrons. The van der Waals surface area contributed by atoms with Crippen molar-refractivity contribution in [2.45, 2.75) is 26.4 Å². The smallest absolute Gasteiger partial charge is 0.322 e. The second-order valence-electron chi connectivity index (χ2n) is 4.45. The minimum atomic E-state index is -0.370. The number of carbonyl (C=O) groups excluding carboxylic acids is 1. The topological polar surface area (TPSA) is 60.7 Å². The van der Waals surface area contributed by atoms with Crippen molar-refractivity contribution in [2.75, 3.05) is 13.7 Å². The second kappa shape index (κ2) is 6.43. The van der Waals surface area contributed by atoms with Crippen LogP contribution in [0, 0.1) is 0 Å². The third-order valence-electron chi connectivity index (χ3n) is 3.00. The fourth-order valence-electron chi connectivity index (χ4n) is 1.94. The number of para-hydroxylation sites is 1. The highest BCUT2D eigenvalue weighted by atomic mass is 16.5. The quantitative estimate of drug-likeness (QED) is 0.822. The van der Waals surface area contributed by atoms with E-state index in [4.69, 9.17) is 13.9 Å². The van der Waals surface area contributed by atoms with Gasteiger partial charge in [0.15, 0.2) is 11.3 Å². The van der Waals surface area contributed by atoms with Crippen LogP contribution in [-0.2, 0) is 16.1 Å². The van der Waals surface area contributed by atoms with Crippen molar-refractivity contribution in [1.29, 1.82) is 0 Å². The molecule has 2 aromatic rings. The van der Waals surface area contributed by atoms with Gasteiger partial charge in [0.05, 0.1) is 20.3 Å². The molecule has 5 nitrogen and oxygen atoms in total. The van der Waals surface area contributed by atoms with Crippen LogP contribution in [0.2, 0.25) is 0 Å². The van der Waals surface area contributed by atoms with Crippen molar-refractivity contribution in [2.24, 2.45) is 0 Å². The maximum Gasteiger partial charge on any atom is 0.322 e. The standard InChI is InChI=1S/C15H19NO4/c1-4-19-15(17)10(2)16-9-12-8-11-6-5-7-13(18-3)14(11)20-12/h5-8,10,16H,4,9H2,1-3H3. The van der Waals surface area contributed by atoms with Gasteiger partial charge in [0.25, 0.3) is 0 Å². The highest BCUT2D eigenvalue weighted by molar-refractivity contribution is 5.83. The maximum atomic E-state index is 11.5. The van der Waals surface area contributed by atoms with Crippen LogP contribution in [0.1, 0.15) is 19.6 Å². The molecular weight excluding hydrogens is 258 g/mol. The first-order valence-electron chi connectivity index (χ1n) is 6.61. The molecule has 1 heterocycles. The number of hydrogen-bond acceptors (Lipinski definition) is 5. The molecule has 5 heteroatoms. The predicted molar refractivity (Wildman–Crippen MR) is 75.7 cm³/mol. The van der Waals surface area contributed by atoms with Crippen LogP contribution in [0.5, 0.6) is 5.75 Å². The molecule has 0 saturated carbocycles. The largest absolute Gasteiger partial charge is 0.493 e. The van der Waals surface area contributed by atoms with Gasteiger partial charge in [0.2, 0.25) is 0 Å². The zero-order valence-electron chi connectivity index (χ0n) is 11.9. The highest BCUT2D eigenvalue weighted by Gasteiger charge is 2.14. The van der Waals surface area contributed by atoms with Crippen molar-refractivity contribution in [3.8, 4) is 5.75 Å². The van der Waals surface area contributed by atoms with Gasteiger partial charge in [-0.1, -0.05) is 12.1 Å². The Morgan fingerprint density at radius 1 is 1.45 bits per heavy atom. The molecule has 0 bridgehead atoms. The Balaban J connectivity index is 2.05. The zero-order valence-corrected chi connectivity index (χ0v) is 11.9. The van der Waals surface area contributed by atoms with Gasteiger partial charge in [0.1, 0.15) is 11.8 Å². The number of methoxy groups -OCH3 is 1. The van der Waals surface area contributed by atoms with E-state index in [1.807, 2.05) is 24.3 Å². The van der Waals surface area contributed by atoms with Crippen LogP contribution < -0.4 is 10.1 Å². The highest BCUT2D eigenvalue weighted by Crippen LogP contribution is 2.28. The Morgan fingerprint density at radius 3 is 2.95 bits per heavy atom. The third-order valence-corrected chi connectivity index (χ3v) is 3.00. The number of benzene rings is 1. The number of furan rings is 1. The summed E-state index contributed by atoms with van der Waals surface area (Å²) in [5, 5.41) is 4.05. The monoisotopic (exact) mass is 277 g/mol. The Morgan fingerprint density at radius 2 is 2.25 bits per heavy atom. The normalized spacial score (nSPS) is 12.3. The van der Waals surface area contributed by atoms with Gasteiger partial charge in [-0.25, -0.2) is 0 Å². The third kappa shape index (κ3) is 3.11. The van der Waals surface area contributed by atoms with Gasteiger partial charge in [-0.2, -0.15) is 0 Å². The molecular formula is C15H19NO4. The molecule has 108 valence electrons. The van der Waals surface area contributed by atoms with Crippen LogP contribution >= 0.6 is 0 Å². The van der Waals surface area contributed by atoms with Crippen LogP contribution in [0.15, 0.2) is 28.7 Å². The summed E-state index contributed by atoms with van der Waals surface area (Å²) < 4.78 is 15.9. The minimum absolute atomic E-state index is 0.263. The van der Waals surface area contributed by atoms with E-state index >= 15 is 0 Å². The van der Waals surface area contributed by atoms with Crippen LogP contribution in [0.3, 0.4) is 0 Å². The van der Waals surface area contributed by atoms with Crippen LogP contribution in [0.4, 0.5) is 0 Å². The molecule has 0 spiro atoms. The SMILES string of the molecule is CCOC(=O)C(C)NCc1cc2cccc(OC)c2o1. The molecule has 0 aliphatic carbocycles. The molecule has 0 saturated heterocycles. The van der Waals surface area contributed by atoms with E-state index in [2.05, 4.69) is 5.32 Å². The lowest BCUT2D eigenvalue weighted by atomic mass is 10.2. The molecule has 20 heavy (non-hydrogen) atoms. The van der Waals surface area contributed by atoms with Gasteiger partial charge < -0.3 is 13.9 Å². The lowest BCUT2D eigenvalue weighted by molar-refractivity contribution is -0.145. The van der Waals surface area contributed by atoms with Crippen LogP contribution in [0.25, 0.3) is 11.0 Å². The molecule has 0 fully saturated rings. The molecule has 1 atom stereocenters. The Kier molecular flexibility index (Phi) is 4.63. The molecule has 2 rings (SSSR count). The Bertz CT molecular complexity index is 591. The van der Waals surface area contributed by atoms with Crippen molar-refractivity contribution in [3.63, 3.8) is 0 Å². The van der Waals surface area contributed by atoms with E-state index in [1.165, 1.54) is 0 Å². The first-order chi connectivity index (χ1) is 9.65. The van der Waals surface area contributed by atoms with Gasteiger partial charge >= 0.3 is 5.97 Å². The molecule has 1 aromatic carbocycles. The predicted octanol–water partition coefficient (Wildman–Crippen LogP) is 2.48. The summed E-state index contributed by atoms with van der Waals surface area (Å²) in [5.74, 6) is 1.19. The van der Waals surface area contributed by atoms with Gasteiger partial charge in [0, 0.05) is 5.39 Å². The van der Waals surface area contributed by atoms with Gasteiger partial charge in [-0.3, -0.25) is 10.1 Å². The molecule has 1 N–H and O–H groups in total. The summed E-state index contributed by atoms with van der Waals surface area (Å²) in [4.78, 5) is 11.5. The van der Waals surface area contributed by atoms with E-state index in [0.29, 0.717) is 18.9 Å².